The number of hydrogen-bond donors (Lipinski definition) is 0. The van der Waals surface area contributed by atoms with Gasteiger partial charge < -0.3 is 24.2 Å². The van der Waals surface area contributed by atoms with Crippen molar-refractivity contribution in [1.82, 2.24) is 9.80 Å². The number of likely N-dealkylation sites (N-methyl/N-ethyl adjacent to an activating group) is 1. The molecule has 0 aliphatic carbocycles. The number of amides is 1. The molecule has 2 aromatic carbocycles. The average Bonchev–Trinajstić information content (AvgIpc) is 3.13. The van der Waals surface area contributed by atoms with Crippen LogP contribution >= 0.6 is 0 Å². The molecule has 0 aromatic heterocycles. The second-order valence-electron chi connectivity index (χ2n) is 8.96. The minimum absolute atomic E-state index is 0.156. The van der Waals surface area contributed by atoms with E-state index in [0.29, 0.717) is 11.5 Å². The van der Waals surface area contributed by atoms with Gasteiger partial charge in [-0.25, -0.2) is 0 Å². The molecule has 2 saturated heterocycles. The molecule has 170 valence electrons. The number of piperazine rings is 1. The van der Waals surface area contributed by atoms with Crippen LogP contribution in [0, 0.1) is 0 Å². The largest absolute Gasteiger partial charge is 0.493 e. The molecule has 0 spiro atoms. The predicted octanol–water partition coefficient (Wildman–Crippen LogP) is 3.73. The zero-order valence-electron chi connectivity index (χ0n) is 19.4. The van der Waals surface area contributed by atoms with Crippen molar-refractivity contribution in [1.29, 1.82) is 0 Å². The Morgan fingerprint density at radius 1 is 0.938 bits per heavy atom. The fraction of sp³-hybridized carbons (Fsp3) is 0.500. The molecule has 6 nitrogen and oxygen atoms in total. The number of ether oxygens (including phenoxy) is 2. The third-order valence-corrected chi connectivity index (χ3v) is 7.58. The van der Waals surface area contributed by atoms with Crippen molar-refractivity contribution in [2.24, 2.45) is 0 Å². The summed E-state index contributed by atoms with van der Waals surface area (Å²) in [7, 11) is 3.33. The fourth-order valence-electron chi connectivity index (χ4n) is 5.92. The number of rotatable bonds is 5. The molecule has 0 bridgehead atoms. The van der Waals surface area contributed by atoms with Crippen LogP contribution in [-0.2, 0) is 5.54 Å². The summed E-state index contributed by atoms with van der Waals surface area (Å²) in [5.74, 6) is 1.58. The highest BCUT2D eigenvalue weighted by Crippen LogP contribution is 2.54. The predicted molar refractivity (Wildman–Crippen MR) is 126 cm³/mol. The van der Waals surface area contributed by atoms with Crippen molar-refractivity contribution >= 4 is 11.6 Å². The van der Waals surface area contributed by atoms with Gasteiger partial charge in [0.1, 0.15) is 0 Å². The molecule has 0 radical (unpaired) electrons. The van der Waals surface area contributed by atoms with Crippen LogP contribution < -0.4 is 14.4 Å². The molecule has 2 fully saturated rings. The van der Waals surface area contributed by atoms with Crippen molar-refractivity contribution in [3.63, 3.8) is 0 Å². The summed E-state index contributed by atoms with van der Waals surface area (Å²) in [6, 6.07) is 12.5. The molecule has 3 aliphatic rings. The van der Waals surface area contributed by atoms with E-state index in [4.69, 9.17) is 9.47 Å². The molecule has 0 saturated carbocycles. The van der Waals surface area contributed by atoms with Crippen LogP contribution in [0.1, 0.15) is 47.7 Å². The van der Waals surface area contributed by atoms with E-state index in [1.165, 1.54) is 11.3 Å². The maximum Gasteiger partial charge on any atom is 0.255 e. The van der Waals surface area contributed by atoms with Gasteiger partial charge in [0.15, 0.2) is 11.5 Å². The van der Waals surface area contributed by atoms with Gasteiger partial charge in [0.2, 0.25) is 0 Å². The van der Waals surface area contributed by atoms with E-state index in [1.54, 1.807) is 14.2 Å². The Morgan fingerprint density at radius 3 is 2.44 bits per heavy atom. The van der Waals surface area contributed by atoms with E-state index in [1.807, 2.05) is 12.1 Å². The first-order valence-electron chi connectivity index (χ1n) is 11.8. The molecule has 6 heteroatoms. The maximum absolute atomic E-state index is 13.7. The third-order valence-electron chi connectivity index (χ3n) is 7.58. The van der Waals surface area contributed by atoms with Crippen LogP contribution in [0.25, 0.3) is 0 Å². The van der Waals surface area contributed by atoms with Crippen LogP contribution in [0.2, 0.25) is 0 Å². The maximum atomic E-state index is 13.7. The van der Waals surface area contributed by atoms with Crippen LogP contribution in [0.15, 0.2) is 36.4 Å². The van der Waals surface area contributed by atoms with Gasteiger partial charge in [0.25, 0.3) is 5.91 Å². The van der Waals surface area contributed by atoms with Crippen molar-refractivity contribution < 1.29 is 14.3 Å². The minimum Gasteiger partial charge on any atom is -0.493 e. The van der Waals surface area contributed by atoms with Crippen molar-refractivity contribution in [3.05, 3.63) is 53.1 Å². The summed E-state index contributed by atoms with van der Waals surface area (Å²) in [6.45, 7) is 8.18. The van der Waals surface area contributed by atoms with Gasteiger partial charge in [-0.3, -0.25) is 4.79 Å². The summed E-state index contributed by atoms with van der Waals surface area (Å²) in [6.07, 6.45) is 3.06. The molecule has 1 atom stereocenters. The highest BCUT2D eigenvalue weighted by atomic mass is 16.5. The smallest absolute Gasteiger partial charge is 0.255 e. The number of carbonyl (C=O) groups is 1. The Morgan fingerprint density at radius 2 is 1.72 bits per heavy atom. The van der Waals surface area contributed by atoms with E-state index < -0.39 is 5.54 Å². The Balaban J connectivity index is 1.68. The normalized spacial score (nSPS) is 23.2. The highest BCUT2D eigenvalue weighted by Gasteiger charge is 2.53. The number of fused-ring (bicyclic) bond motifs is 3. The van der Waals surface area contributed by atoms with Gasteiger partial charge in [-0.1, -0.05) is 19.1 Å². The topological polar surface area (TPSA) is 45.2 Å². The Bertz CT molecular complexity index is 1020. The number of anilines is 1. The molecule has 3 heterocycles. The van der Waals surface area contributed by atoms with Crippen LogP contribution in [0.3, 0.4) is 0 Å². The van der Waals surface area contributed by atoms with E-state index in [0.717, 1.165) is 69.7 Å². The van der Waals surface area contributed by atoms with Crippen LogP contribution in [0.4, 0.5) is 5.69 Å². The third kappa shape index (κ3) is 3.07. The molecule has 2 aromatic rings. The lowest BCUT2D eigenvalue weighted by Gasteiger charge is -2.45. The summed E-state index contributed by atoms with van der Waals surface area (Å²) >= 11 is 0. The van der Waals surface area contributed by atoms with Gasteiger partial charge in [0, 0.05) is 49.5 Å². The Labute approximate surface area is 190 Å². The molecular weight excluding hydrogens is 402 g/mol. The summed E-state index contributed by atoms with van der Waals surface area (Å²) < 4.78 is 11.2. The minimum atomic E-state index is -0.456. The van der Waals surface area contributed by atoms with Gasteiger partial charge in [-0.2, -0.15) is 0 Å². The molecule has 3 aliphatic heterocycles. The quantitative estimate of drug-likeness (QED) is 0.716. The van der Waals surface area contributed by atoms with Gasteiger partial charge >= 0.3 is 0 Å². The molecule has 0 N–H and O–H groups in total. The van der Waals surface area contributed by atoms with Crippen molar-refractivity contribution in [3.8, 4) is 11.5 Å². The molecule has 32 heavy (non-hydrogen) atoms. The molecule has 1 unspecified atom stereocenters. The molecule has 1 amide bonds. The lowest BCUT2D eigenvalue weighted by atomic mass is 9.75. The lowest BCUT2D eigenvalue weighted by Crippen LogP contribution is -2.50. The van der Waals surface area contributed by atoms with E-state index >= 15 is 0 Å². The van der Waals surface area contributed by atoms with Gasteiger partial charge in [0.05, 0.1) is 19.8 Å². The van der Waals surface area contributed by atoms with Crippen LogP contribution in [0.5, 0.6) is 11.5 Å². The summed E-state index contributed by atoms with van der Waals surface area (Å²) in [4.78, 5) is 20.8. The average molecular weight is 436 g/mol. The number of methoxy groups -OCH3 is 2. The number of hydrogen-bond acceptors (Lipinski definition) is 5. The van der Waals surface area contributed by atoms with E-state index in [9.17, 15) is 4.79 Å². The van der Waals surface area contributed by atoms with Crippen molar-refractivity contribution in [2.45, 2.75) is 31.7 Å². The second kappa shape index (κ2) is 8.32. The molecule has 5 rings (SSSR count). The van der Waals surface area contributed by atoms with Gasteiger partial charge in [-0.05, 0) is 55.6 Å². The zero-order valence-corrected chi connectivity index (χ0v) is 19.4. The monoisotopic (exact) mass is 435 g/mol. The van der Waals surface area contributed by atoms with E-state index in [-0.39, 0.29) is 5.91 Å². The van der Waals surface area contributed by atoms with E-state index in [2.05, 4.69) is 45.9 Å². The first kappa shape index (κ1) is 21.1. The standard InChI is InChI=1S/C26H33N3O3/c1-4-27-14-16-28(17-15-27)21-9-7-8-20-24(21)26(12-5-6-13-29(26)25(20)30)19-10-11-22(31-2)23(18-19)32-3/h7-11,18H,4-6,12-17H2,1-3H3. The zero-order chi connectivity index (χ0) is 22.3. The Kier molecular flexibility index (Phi) is 5.49. The summed E-state index contributed by atoms with van der Waals surface area (Å²) in [5.41, 5.74) is 3.91. The fourth-order valence-corrected chi connectivity index (χ4v) is 5.92. The first-order chi connectivity index (χ1) is 15.6. The second-order valence-corrected chi connectivity index (χ2v) is 8.96. The van der Waals surface area contributed by atoms with Gasteiger partial charge in [-0.15, -0.1) is 0 Å². The number of benzene rings is 2. The highest BCUT2D eigenvalue weighted by molar-refractivity contribution is 6.03. The SMILES string of the molecule is CCN1CCN(c2cccc3c2C2(c4ccc(OC)c(OC)c4)CCCCN2C3=O)CC1. The molecular formula is C26H33N3O3. The van der Waals surface area contributed by atoms with Crippen LogP contribution in [-0.4, -0.2) is 69.2 Å². The Hall–Kier alpha value is -2.73. The number of nitrogens with zero attached hydrogens (tertiary/aromatic N) is 3. The van der Waals surface area contributed by atoms with Crippen molar-refractivity contribution in [2.75, 3.05) is 58.4 Å². The summed E-state index contributed by atoms with van der Waals surface area (Å²) in [5, 5.41) is 0. The first-order valence-corrected chi connectivity index (χ1v) is 11.8. The number of piperidine rings is 1. The number of carbonyl (C=O) groups excluding carboxylic acids is 1. The lowest BCUT2D eigenvalue weighted by molar-refractivity contribution is 0.0521.